The Morgan fingerprint density at radius 1 is 0.750 bits per heavy atom. The Kier molecular flexibility index (Phi) is 2.04. The number of thiol groups is 1. The molecule has 0 spiro atoms. The average Bonchev–Trinajstić information content (AvgIpc) is 2.33. The first-order valence-corrected chi connectivity index (χ1v) is 5.54. The first-order valence-electron chi connectivity index (χ1n) is 5.10. The van der Waals surface area contributed by atoms with Crippen LogP contribution in [0.15, 0.2) is 53.4 Å². The molecule has 2 heteroatoms. The van der Waals surface area contributed by atoms with Gasteiger partial charge in [0.1, 0.15) is 5.75 Å². The van der Waals surface area contributed by atoms with E-state index in [0.717, 1.165) is 16.2 Å². The number of aromatic hydroxyl groups is 1. The van der Waals surface area contributed by atoms with E-state index in [0.29, 0.717) is 4.90 Å². The van der Waals surface area contributed by atoms with Crippen molar-refractivity contribution in [3.05, 3.63) is 48.5 Å². The first-order chi connectivity index (χ1) is 7.77. The number of hydrogen-bond acceptors (Lipinski definition) is 2. The minimum Gasteiger partial charge on any atom is -0.506 e. The zero-order valence-corrected chi connectivity index (χ0v) is 9.41. The van der Waals surface area contributed by atoms with Crippen LogP contribution in [0.4, 0.5) is 0 Å². The molecule has 78 valence electrons. The van der Waals surface area contributed by atoms with Gasteiger partial charge < -0.3 is 5.11 Å². The lowest BCUT2D eigenvalue weighted by Gasteiger charge is -2.06. The van der Waals surface area contributed by atoms with Crippen LogP contribution in [0, 0.1) is 0 Å². The molecule has 0 fully saturated rings. The molecule has 0 aliphatic carbocycles. The summed E-state index contributed by atoms with van der Waals surface area (Å²) in [5, 5.41) is 14.2. The number of hydrogen-bond donors (Lipinski definition) is 2. The Morgan fingerprint density at radius 3 is 2.38 bits per heavy atom. The SMILES string of the molecule is Oc1c(S)ccc2c1ccc1ccccc12. The third-order valence-corrected chi connectivity index (χ3v) is 3.24. The standard InChI is InChI=1S/C14H10OS/c15-14-12-6-5-9-3-1-2-4-10(9)11(12)7-8-13(14)16/h1-8,15-16H. The van der Waals surface area contributed by atoms with E-state index in [9.17, 15) is 5.11 Å². The largest absolute Gasteiger partial charge is 0.506 e. The molecule has 0 heterocycles. The van der Waals surface area contributed by atoms with E-state index in [4.69, 9.17) is 0 Å². The third-order valence-electron chi connectivity index (χ3n) is 2.88. The minimum absolute atomic E-state index is 0.256. The van der Waals surface area contributed by atoms with Gasteiger partial charge in [0.25, 0.3) is 0 Å². The van der Waals surface area contributed by atoms with Crippen molar-refractivity contribution in [2.45, 2.75) is 4.90 Å². The molecule has 0 aliphatic heterocycles. The van der Waals surface area contributed by atoms with Crippen LogP contribution in [-0.2, 0) is 0 Å². The van der Waals surface area contributed by atoms with Crippen molar-refractivity contribution in [1.82, 2.24) is 0 Å². The van der Waals surface area contributed by atoms with Crippen molar-refractivity contribution in [3.8, 4) is 5.75 Å². The first kappa shape index (κ1) is 9.55. The second-order valence-electron chi connectivity index (χ2n) is 3.82. The van der Waals surface area contributed by atoms with Crippen molar-refractivity contribution in [2.24, 2.45) is 0 Å². The van der Waals surface area contributed by atoms with Crippen LogP contribution in [0.3, 0.4) is 0 Å². The van der Waals surface area contributed by atoms with Gasteiger partial charge in [0.15, 0.2) is 0 Å². The predicted octanol–water partition coefficient (Wildman–Crippen LogP) is 3.99. The smallest absolute Gasteiger partial charge is 0.136 e. The van der Waals surface area contributed by atoms with Gasteiger partial charge in [-0.3, -0.25) is 0 Å². The molecule has 0 atom stereocenters. The van der Waals surface area contributed by atoms with Gasteiger partial charge >= 0.3 is 0 Å². The molecule has 0 saturated heterocycles. The second-order valence-corrected chi connectivity index (χ2v) is 4.30. The van der Waals surface area contributed by atoms with Crippen LogP contribution in [-0.4, -0.2) is 5.11 Å². The lowest BCUT2D eigenvalue weighted by Crippen LogP contribution is -1.79. The van der Waals surface area contributed by atoms with Crippen molar-refractivity contribution >= 4 is 34.2 Å². The Bertz CT molecular complexity index is 689. The summed E-state index contributed by atoms with van der Waals surface area (Å²) in [4.78, 5) is 0.614. The van der Waals surface area contributed by atoms with Crippen molar-refractivity contribution in [2.75, 3.05) is 0 Å². The Balaban J connectivity index is 2.58. The summed E-state index contributed by atoms with van der Waals surface area (Å²) in [6.45, 7) is 0. The molecule has 3 aromatic rings. The Hall–Kier alpha value is -1.67. The average molecular weight is 226 g/mol. The molecule has 3 aromatic carbocycles. The lowest BCUT2D eigenvalue weighted by molar-refractivity contribution is 0.469. The summed E-state index contributed by atoms with van der Waals surface area (Å²) >= 11 is 4.22. The lowest BCUT2D eigenvalue weighted by atomic mass is 10.0. The molecule has 3 rings (SSSR count). The summed E-state index contributed by atoms with van der Waals surface area (Å²) in [5.41, 5.74) is 0. The molecule has 0 saturated carbocycles. The maximum Gasteiger partial charge on any atom is 0.136 e. The molecule has 0 unspecified atom stereocenters. The van der Waals surface area contributed by atoms with Gasteiger partial charge in [0.2, 0.25) is 0 Å². The highest BCUT2D eigenvalue weighted by atomic mass is 32.1. The van der Waals surface area contributed by atoms with E-state index in [2.05, 4.69) is 24.8 Å². The molecule has 0 aliphatic rings. The molecule has 1 nitrogen and oxygen atoms in total. The zero-order chi connectivity index (χ0) is 11.1. The molecule has 0 aromatic heterocycles. The van der Waals surface area contributed by atoms with Crippen molar-refractivity contribution < 1.29 is 5.11 Å². The molecular weight excluding hydrogens is 216 g/mol. The maximum absolute atomic E-state index is 9.94. The summed E-state index contributed by atoms with van der Waals surface area (Å²) < 4.78 is 0. The summed E-state index contributed by atoms with van der Waals surface area (Å²) in [6.07, 6.45) is 0. The van der Waals surface area contributed by atoms with E-state index in [1.54, 1.807) is 0 Å². The fraction of sp³-hybridized carbons (Fsp3) is 0. The molecule has 1 N–H and O–H groups in total. The molecule has 0 radical (unpaired) electrons. The van der Waals surface area contributed by atoms with Gasteiger partial charge in [-0.1, -0.05) is 36.4 Å². The molecular formula is C14H10OS. The highest BCUT2D eigenvalue weighted by molar-refractivity contribution is 7.80. The Labute approximate surface area is 98.7 Å². The van der Waals surface area contributed by atoms with Gasteiger partial charge in [-0.25, -0.2) is 0 Å². The summed E-state index contributed by atoms with van der Waals surface area (Å²) in [5.74, 6) is 0.256. The fourth-order valence-electron chi connectivity index (χ4n) is 2.06. The number of phenols is 1. The quantitative estimate of drug-likeness (QED) is 0.438. The fourth-order valence-corrected chi connectivity index (χ4v) is 2.26. The van der Waals surface area contributed by atoms with Crippen LogP contribution in [0.2, 0.25) is 0 Å². The zero-order valence-electron chi connectivity index (χ0n) is 8.51. The minimum atomic E-state index is 0.256. The van der Waals surface area contributed by atoms with Crippen molar-refractivity contribution in [3.63, 3.8) is 0 Å². The van der Waals surface area contributed by atoms with E-state index in [-0.39, 0.29) is 5.75 Å². The topological polar surface area (TPSA) is 20.2 Å². The van der Waals surface area contributed by atoms with Crippen LogP contribution >= 0.6 is 12.6 Å². The second kappa shape index (κ2) is 3.42. The molecule has 0 bridgehead atoms. The van der Waals surface area contributed by atoms with E-state index in [1.807, 2.05) is 36.4 Å². The normalized spacial score (nSPS) is 11.1. The maximum atomic E-state index is 9.94. The highest BCUT2D eigenvalue weighted by Crippen LogP contribution is 2.34. The van der Waals surface area contributed by atoms with Gasteiger partial charge in [-0.05, 0) is 28.3 Å². The highest BCUT2D eigenvalue weighted by Gasteiger charge is 2.05. The monoisotopic (exact) mass is 226 g/mol. The van der Waals surface area contributed by atoms with E-state index < -0.39 is 0 Å². The number of benzene rings is 3. The van der Waals surface area contributed by atoms with Crippen LogP contribution in [0.25, 0.3) is 21.5 Å². The van der Waals surface area contributed by atoms with Gasteiger partial charge in [0, 0.05) is 10.3 Å². The molecule has 0 amide bonds. The van der Waals surface area contributed by atoms with Gasteiger partial charge in [0.05, 0.1) is 0 Å². The van der Waals surface area contributed by atoms with Crippen molar-refractivity contribution in [1.29, 1.82) is 0 Å². The number of phenolic OH excluding ortho intramolecular Hbond substituents is 1. The summed E-state index contributed by atoms with van der Waals surface area (Å²) in [6, 6.07) is 15.9. The van der Waals surface area contributed by atoms with Crippen LogP contribution < -0.4 is 0 Å². The number of fused-ring (bicyclic) bond motifs is 3. The predicted molar refractivity (Wildman–Crippen MR) is 70.4 cm³/mol. The van der Waals surface area contributed by atoms with Gasteiger partial charge in [-0.15, -0.1) is 12.6 Å². The van der Waals surface area contributed by atoms with Crippen LogP contribution in [0.5, 0.6) is 5.75 Å². The summed E-state index contributed by atoms with van der Waals surface area (Å²) in [7, 11) is 0. The third kappa shape index (κ3) is 1.27. The number of rotatable bonds is 0. The molecule has 16 heavy (non-hydrogen) atoms. The van der Waals surface area contributed by atoms with Gasteiger partial charge in [-0.2, -0.15) is 0 Å². The van der Waals surface area contributed by atoms with E-state index >= 15 is 0 Å². The van der Waals surface area contributed by atoms with E-state index in [1.165, 1.54) is 5.39 Å². The Morgan fingerprint density at radius 2 is 1.50 bits per heavy atom. The van der Waals surface area contributed by atoms with Crippen LogP contribution in [0.1, 0.15) is 0 Å².